The Kier molecular flexibility index (Phi) is 5.17. The van der Waals surface area contributed by atoms with E-state index in [0.717, 1.165) is 49.7 Å². The first kappa shape index (κ1) is 15.8. The van der Waals surface area contributed by atoms with Gasteiger partial charge in [0.15, 0.2) is 0 Å². The first-order valence-electron chi connectivity index (χ1n) is 7.73. The Labute approximate surface area is 127 Å². The number of carbonyl (C=O) groups is 1. The molecule has 2 heterocycles. The minimum atomic E-state index is 0.113. The van der Waals surface area contributed by atoms with Crippen LogP contribution in [0.15, 0.2) is 12.1 Å². The highest BCUT2D eigenvalue weighted by Gasteiger charge is 2.25. The minimum absolute atomic E-state index is 0.113. The fourth-order valence-electron chi connectivity index (χ4n) is 2.90. The molecule has 0 aliphatic carbocycles. The van der Waals surface area contributed by atoms with Gasteiger partial charge in [0.2, 0.25) is 0 Å². The van der Waals surface area contributed by atoms with Gasteiger partial charge in [-0.05, 0) is 52.9 Å². The van der Waals surface area contributed by atoms with Crippen LogP contribution in [-0.4, -0.2) is 60.0 Å². The number of aryl methyl sites for hydroxylation is 1. The number of hydrogen-bond acceptors (Lipinski definition) is 4. The van der Waals surface area contributed by atoms with Gasteiger partial charge in [-0.3, -0.25) is 4.79 Å². The molecule has 116 valence electrons. The average Bonchev–Trinajstić information content (AvgIpc) is 2.58. The molecule has 1 saturated heterocycles. The van der Waals surface area contributed by atoms with Gasteiger partial charge in [0.1, 0.15) is 5.82 Å². The number of pyridine rings is 1. The maximum Gasteiger partial charge on any atom is 0.254 e. The van der Waals surface area contributed by atoms with Gasteiger partial charge in [-0.15, -0.1) is 0 Å². The zero-order valence-electron chi connectivity index (χ0n) is 13.5. The second-order valence-electron chi connectivity index (χ2n) is 5.88. The molecule has 5 heteroatoms. The molecule has 0 bridgehead atoms. The SMILES string of the molecule is CCNc1cc(C(=O)N2CCCN(C)CC2C)cc(C)n1. The fraction of sp³-hybridized carbons (Fsp3) is 0.625. The van der Waals surface area contributed by atoms with E-state index >= 15 is 0 Å². The smallest absolute Gasteiger partial charge is 0.254 e. The van der Waals surface area contributed by atoms with E-state index in [9.17, 15) is 4.79 Å². The van der Waals surface area contributed by atoms with Crippen molar-refractivity contribution in [2.75, 3.05) is 38.5 Å². The van der Waals surface area contributed by atoms with Crippen LogP contribution in [0.1, 0.15) is 36.3 Å². The van der Waals surface area contributed by atoms with Crippen LogP contribution in [0.25, 0.3) is 0 Å². The van der Waals surface area contributed by atoms with E-state index in [1.165, 1.54) is 0 Å². The molecule has 1 atom stereocenters. The summed E-state index contributed by atoms with van der Waals surface area (Å²) in [6.07, 6.45) is 1.02. The van der Waals surface area contributed by atoms with Crippen LogP contribution >= 0.6 is 0 Å². The summed E-state index contributed by atoms with van der Waals surface area (Å²) in [7, 11) is 2.12. The predicted octanol–water partition coefficient (Wildman–Crippen LogP) is 1.99. The number of anilines is 1. The van der Waals surface area contributed by atoms with E-state index in [4.69, 9.17) is 0 Å². The maximum absolute atomic E-state index is 12.8. The van der Waals surface area contributed by atoms with Gasteiger partial charge >= 0.3 is 0 Å². The fourth-order valence-corrected chi connectivity index (χ4v) is 2.90. The van der Waals surface area contributed by atoms with Crippen LogP contribution in [0.4, 0.5) is 5.82 Å². The van der Waals surface area contributed by atoms with E-state index in [2.05, 4.69) is 29.2 Å². The number of likely N-dealkylation sites (N-methyl/N-ethyl adjacent to an activating group) is 1. The molecule has 1 aromatic rings. The molecule has 0 spiro atoms. The number of hydrogen-bond donors (Lipinski definition) is 1. The second-order valence-corrected chi connectivity index (χ2v) is 5.88. The van der Waals surface area contributed by atoms with Crippen molar-refractivity contribution in [1.29, 1.82) is 0 Å². The normalized spacial score (nSPS) is 20.2. The lowest BCUT2D eigenvalue weighted by molar-refractivity contribution is 0.0696. The van der Waals surface area contributed by atoms with Gasteiger partial charge in [0.25, 0.3) is 5.91 Å². The monoisotopic (exact) mass is 290 g/mol. The highest BCUT2D eigenvalue weighted by atomic mass is 16.2. The van der Waals surface area contributed by atoms with Crippen LogP contribution < -0.4 is 5.32 Å². The van der Waals surface area contributed by atoms with Crippen molar-refractivity contribution < 1.29 is 4.79 Å². The summed E-state index contributed by atoms with van der Waals surface area (Å²) in [5, 5.41) is 3.19. The Morgan fingerprint density at radius 1 is 1.43 bits per heavy atom. The molecule has 1 aliphatic heterocycles. The topological polar surface area (TPSA) is 48.5 Å². The average molecular weight is 290 g/mol. The Morgan fingerprint density at radius 3 is 2.90 bits per heavy atom. The lowest BCUT2D eigenvalue weighted by Crippen LogP contribution is -2.42. The summed E-state index contributed by atoms with van der Waals surface area (Å²) in [4.78, 5) is 21.5. The van der Waals surface area contributed by atoms with Crippen molar-refractivity contribution in [3.05, 3.63) is 23.4 Å². The summed E-state index contributed by atoms with van der Waals surface area (Å²) in [6, 6.07) is 3.98. The molecule has 0 saturated carbocycles. The first-order chi connectivity index (χ1) is 10.0. The number of rotatable bonds is 3. The van der Waals surface area contributed by atoms with Crippen molar-refractivity contribution in [2.45, 2.75) is 33.2 Å². The summed E-state index contributed by atoms with van der Waals surface area (Å²) in [6.45, 7) is 9.67. The van der Waals surface area contributed by atoms with Crippen molar-refractivity contribution in [1.82, 2.24) is 14.8 Å². The molecular weight excluding hydrogens is 264 g/mol. The summed E-state index contributed by atoms with van der Waals surface area (Å²) >= 11 is 0. The Balaban J connectivity index is 2.22. The minimum Gasteiger partial charge on any atom is -0.370 e. The number of nitrogens with zero attached hydrogens (tertiary/aromatic N) is 3. The number of amides is 1. The van der Waals surface area contributed by atoms with Crippen molar-refractivity contribution in [3.8, 4) is 0 Å². The van der Waals surface area contributed by atoms with Gasteiger partial charge in [-0.25, -0.2) is 4.98 Å². The lowest BCUT2D eigenvalue weighted by atomic mass is 10.1. The third-order valence-corrected chi connectivity index (χ3v) is 3.87. The van der Waals surface area contributed by atoms with E-state index in [0.29, 0.717) is 0 Å². The number of aromatic nitrogens is 1. The van der Waals surface area contributed by atoms with Crippen molar-refractivity contribution in [3.63, 3.8) is 0 Å². The maximum atomic E-state index is 12.8. The number of nitrogens with one attached hydrogen (secondary N) is 1. The Hall–Kier alpha value is -1.62. The molecule has 2 rings (SSSR count). The lowest BCUT2D eigenvalue weighted by Gasteiger charge is -2.28. The number of carbonyl (C=O) groups excluding carboxylic acids is 1. The third-order valence-electron chi connectivity index (χ3n) is 3.87. The zero-order chi connectivity index (χ0) is 15.4. The largest absolute Gasteiger partial charge is 0.370 e. The molecule has 1 amide bonds. The summed E-state index contributed by atoms with van der Waals surface area (Å²) in [5.41, 5.74) is 1.60. The molecule has 1 N–H and O–H groups in total. The van der Waals surface area contributed by atoms with Crippen LogP contribution in [0.5, 0.6) is 0 Å². The Morgan fingerprint density at radius 2 is 2.19 bits per heavy atom. The first-order valence-corrected chi connectivity index (χ1v) is 7.73. The van der Waals surface area contributed by atoms with Gasteiger partial charge in [0, 0.05) is 36.9 Å². The molecule has 1 unspecified atom stereocenters. The van der Waals surface area contributed by atoms with Gasteiger partial charge in [0.05, 0.1) is 0 Å². The van der Waals surface area contributed by atoms with Crippen molar-refractivity contribution >= 4 is 11.7 Å². The van der Waals surface area contributed by atoms with Crippen LogP contribution in [0.3, 0.4) is 0 Å². The molecule has 1 aliphatic rings. The van der Waals surface area contributed by atoms with Crippen LogP contribution in [0, 0.1) is 6.92 Å². The van der Waals surface area contributed by atoms with Gasteiger partial charge < -0.3 is 15.1 Å². The summed E-state index contributed by atoms with van der Waals surface area (Å²) < 4.78 is 0. The molecule has 0 radical (unpaired) electrons. The molecule has 5 nitrogen and oxygen atoms in total. The van der Waals surface area contributed by atoms with E-state index < -0.39 is 0 Å². The predicted molar refractivity (Wildman–Crippen MR) is 85.8 cm³/mol. The zero-order valence-corrected chi connectivity index (χ0v) is 13.5. The third kappa shape index (κ3) is 3.94. The van der Waals surface area contributed by atoms with Gasteiger partial charge in [-0.1, -0.05) is 0 Å². The van der Waals surface area contributed by atoms with Gasteiger partial charge in [-0.2, -0.15) is 0 Å². The van der Waals surface area contributed by atoms with E-state index in [1.54, 1.807) is 0 Å². The molecule has 1 fully saturated rings. The van der Waals surface area contributed by atoms with E-state index in [-0.39, 0.29) is 11.9 Å². The summed E-state index contributed by atoms with van der Waals surface area (Å²) in [5.74, 6) is 0.892. The van der Waals surface area contributed by atoms with Crippen molar-refractivity contribution in [2.24, 2.45) is 0 Å². The second kappa shape index (κ2) is 6.89. The standard InChI is InChI=1S/C16H26N4O/c1-5-17-15-10-14(9-12(2)18-15)16(21)20-8-6-7-19(4)11-13(20)3/h9-10,13H,5-8,11H2,1-4H3,(H,17,18). The molecule has 1 aromatic heterocycles. The quantitative estimate of drug-likeness (QED) is 0.925. The Bertz CT molecular complexity index is 503. The molecule has 0 aromatic carbocycles. The molecular formula is C16H26N4O. The van der Waals surface area contributed by atoms with Crippen LogP contribution in [0.2, 0.25) is 0 Å². The molecule has 21 heavy (non-hydrogen) atoms. The van der Waals surface area contributed by atoms with E-state index in [1.807, 2.05) is 30.9 Å². The highest BCUT2D eigenvalue weighted by Crippen LogP contribution is 2.16. The van der Waals surface area contributed by atoms with Crippen LogP contribution in [-0.2, 0) is 0 Å². The highest BCUT2D eigenvalue weighted by molar-refractivity contribution is 5.95.